The monoisotopic (exact) mass is 309 g/mol. The molecule has 1 aromatic heterocycles. The van der Waals surface area contributed by atoms with Gasteiger partial charge in [-0.1, -0.05) is 15.9 Å². The van der Waals surface area contributed by atoms with Crippen molar-refractivity contribution in [3.05, 3.63) is 51.1 Å². The molecule has 0 bridgehead atoms. The van der Waals surface area contributed by atoms with Crippen LogP contribution in [0.1, 0.15) is 0 Å². The van der Waals surface area contributed by atoms with Crippen LogP contribution in [0.5, 0.6) is 11.6 Å². The highest BCUT2D eigenvalue weighted by Gasteiger charge is 2.10. The van der Waals surface area contributed by atoms with E-state index >= 15 is 0 Å². The average molecular weight is 310 g/mol. The van der Waals surface area contributed by atoms with Gasteiger partial charge in [0.25, 0.3) is 5.69 Å². The van der Waals surface area contributed by atoms with E-state index in [9.17, 15) is 10.1 Å². The second-order valence-electron chi connectivity index (χ2n) is 3.43. The number of hydrogen-bond acceptors (Lipinski definition) is 5. The van der Waals surface area contributed by atoms with Crippen LogP contribution in [-0.2, 0) is 0 Å². The van der Waals surface area contributed by atoms with E-state index < -0.39 is 4.92 Å². The Morgan fingerprint density at radius 2 is 2.11 bits per heavy atom. The van der Waals surface area contributed by atoms with E-state index in [4.69, 9.17) is 10.5 Å². The van der Waals surface area contributed by atoms with Crippen LogP contribution < -0.4 is 10.5 Å². The lowest BCUT2D eigenvalue weighted by atomic mass is 10.3. The molecule has 7 heteroatoms. The molecule has 0 aliphatic carbocycles. The number of rotatable bonds is 3. The molecule has 1 heterocycles. The summed E-state index contributed by atoms with van der Waals surface area (Å²) < 4.78 is 5.96. The molecule has 0 saturated heterocycles. The maximum absolute atomic E-state index is 10.7. The molecular formula is C11H8BrN3O3. The number of non-ortho nitro benzene ring substituents is 1. The predicted molar refractivity (Wildman–Crippen MR) is 69.5 cm³/mol. The van der Waals surface area contributed by atoms with Crippen LogP contribution in [0.2, 0.25) is 0 Å². The molecule has 6 nitrogen and oxygen atoms in total. The van der Waals surface area contributed by atoms with Crippen molar-refractivity contribution in [2.45, 2.75) is 0 Å². The minimum absolute atomic E-state index is 0.0604. The number of ether oxygens (including phenoxy) is 1. The summed E-state index contributed by atoms with van der Waals surface area (Å²) in [4.78, 5) is 14.2. The molecule has 0 saturated carbocycles. The molecule has 0 spiro atoms. The topological polar surface area (TPSA) is 91.3 Å². The largest absolute Gasteiger partial charge is 0.439 e. The molecule has 2 aromatic rings. The Hall–Kier alpha value is -2.15. The average Bonchev–Trinajstić information content (AvgIpc) is 2.31. The van der Waals surface area contributed by atoms with Crippen molar-refractivity contribution in [2.75, 3.05) is 5.73 Å². The molecule has 0 fully saturated rings. The van der Waals surface area contributed by atoms with Crippen LogP contribution in [0.25, 0.3) is 0 Å². The SMILES string of the molecule is Nc1ccc(Oc2cc(Br)cc([N+](=O)[O-])c2)nc1. The zero-order valence-electron chi connectivity index (χ0n) is 9.04. The van der Waals surface area contributed by atoms with Crippen molar-refractivity contribution in [1.29, 1.82) is 0 Å². The maximum atomic E-state index is 10.7. The zero-order valence-corrected chi connectivity index (χ0v) is 10.6. The van der Waals surface area contributed by atoms with Gasteiger partial charge in [0.05, 0.1) is 22.9 Å². The van der Waals surface area contributed by atoms with Crippen molar-refractivity contribution < 1.29 is 9.66 Å². The third-order valence-corrected chi connectivity index (χ3v) is 2.51. The van der Waals surface area contributed by atoms with Gasteiger partial charge in [-0.2, -0.15) is 0 Å². The van der Waals surface area contributed by atoms with Crippen LogP contribution in [0.15, 0.2) is 41.0 Å². The molecule has 1 aromatic carbocycles. The first-order chi connectivity index (χ1) is 8.54. The standard InChI is InChI=1S/C11H8BrN3O3/c12-7-3-9(15(16)17)5-10(4-7)18-11-2-1-8(13)6-14-11/h1-6H,13H2. The Morgan fingerprint density at radius 3 is 2.72 bits per heavy atom. The second-order valence-corrected chi connectivity index (χ2v) is 4.35. The summed E-state index contributed by atoms with van der Waals surface area (Å²) in [5.74, 6) is 0.643. The molecule has 0 atom stereocenters. The number of halogens is 1. The summed E-state index contributed by atoms with van der Waals surface area (Å²) in [5, 5.41) is 10.7. The molecule has 0 amide bonds. The third-order valence-electron chi connectivity index (χ3n) is 2.05. The smallest absolute Gasteiger partial charge is 0.274 e. The predicted octanol–water partition coefficient (Wildman–Crippen LogP) is 3.13. The lowest BCUT2D eigenvalue weighted by Crippen LogP contribution is -1.92. The minimum atomic E-state index is -0.492. The van der Waals surface area contributed by atoms with Gasteiger partial charge in [0.2, 0.25) is 5.88 Å². The van der Waals surface area contributed by atoms with E-state index in [0.717, 1.165) is 0 Å². The van der Waals surface area contributed by atoms with Crippen LogP contribution in [0.3, 0.4) is 0 Å². The molecule has 2 N–H and O–H groups in total. The van der Waals surface area contributed by atoms with Crippen molar-refractivity contribution in [1.82, 2.24) is 4.98 Å². The van der Waals surface area contributed by atoms with E-state index in [-0.39, 0.29) is 5.69 Å². The maximum Gasteiger partial charge on any atom is 0.274 e. The number of anilines is 1. The number of pyridine rings is 1. The highest BCUT2D eigenvalue weighted by atomic mass is 79.9. The Balaban J connectivity index is 2.28. The van der Waals surface area contributed by atoms with E-state index in [1.807, 2.05) is 0 Å². The quantitative estimate of drug-likeness (QED) is 0.694. The first-order valence-electron chi connectivity index (χ1n) is 4.89. The third kappa shape index (κ3) is 2.95. The molecule has 92 valence electrons. The van der Waals surface area contributed by atoms with Gasteiger partial charge < -0.3 is 10.5 Å². The first kappa shape index (κ1) is 12.3. The molecule has 2 rings (SSSR count). The van der Waals surface area contributed by atoms with E-state index in [2.05, 4.69) is 20.9 Å². The number of hydrogen-bond donors (Lipinski definition) is 1. The number of nitro benzene ring substituents is 1. The number of nitrogens with zero attached hydrogens (tertiary/aromatic N) is 2. The van der Waals surface area contributed by atoms with Gasteiger partial charge >= 0.3 is 0 Å². The van der Waals surface area contributed by atoms with Crippen LogP contribution in [0.4, 0.5) is 11.4 Å². The Bertz CT molecular complexity index is 587. The fraction of sp³-hybridized carbons (Fsp3) is 0. The van der Waals surface area contributed by atoms with Gasteiger partial charge in [-0.3, -0.25) is 10.1 Å². The van der Waals surface area contributed by atoms with Gasteiger partial charge in [-0.25, -0.2) is 4.98 Å². The first-order valence-corrected chi connectivity index (χ1v) is 5.68. The number of nitrogen functional groups attached to an aromatic ring is 1. The normalized spacial score (nSPS) is 10.1. The number of benzene rings is 1. The highest BCUT2D eigenvalue weighted by molar-refractivity contribution is 9.10. The van der Waals surface area contributed by atoms with Gasteiger partial charge in [0.15, 0.2) is 0 Å². The summed E-state index contributed by atoms with van der Waals surface area (Å²) in [6, 6.07) is 7.55. The van der Waals surface area contributed by atoms with Gasteiger partial charge in [-0.05, 0) is 12.1 Å². The number of aromatic nitrogens is 1. The highest BCUT2D eigenvalue weighted by Crippen LogP contribution is 2.29. The summed E-state index contributed by atoms with van der Waals surface area (Å²) in [7, 11) is 0. The van der Waals surface area contributed by atoms with E-state index in [1.165, 1.54) is 18.3 Å². The number of nitro groups is 1. The van der Waals surface area contributed by atoms with Gasteiger partial charge in [0, 0.05) is 16.6 Å². The Morgan fingerprint density at radius 1 is 1.33 bits per heavy atom. The number of nitrogens with two attached hydrogens (primary N) is 1. The lowest BCUT2D eigenvalue weighted by molar-refractivity contribution is -0.385. The fourth-order valence-electron chi connectivity index (χ4n) is 1.29. The molecule has 0 aliphatic heterocycles. The molecule has 18 heavy (non-hydrogen) atoms. The van der Waals surface area contributed by atoms with Gasteiger partial charge in [-0.15, -0.1) is 0 Å². The molecular weight excluding hydrogens is 302 g/mol. The van der Waals surface area contributed by atoms with Crippen molar-refractivity contribution in [2.24, 2.45) is 0 Å². The minimum Gasteiger partial charge on any atom is -0.439 e. The summed E-state index contributed by atoms with van der Waals surface area (Å²) in [5.41, 5.74) is 5.95. The molecule has 0 aliphatic rings. The van der Waals surface area contributed by atoms with Crippen molar-refractivity contribution in [3.8, 4) is 11.6 Å². The summed E-state index contributed by atoms with van der Waals surface area (Å²) in [6.07, 6.45) is 1.45. The molecule has 0 unspecified atom stereocenters. The summed E-state index contributed by atoms with van der Waals surface area (Å²) >= 11 is 3.18. The Labute approximate surface area is 111 Å². The summed E-state index contributed by atoms with van der Waals surface area (Å²) in [6.45, 7) is 0. The van der Waals surface area contributed by atoms with Crippen LogP contribution >= 0.6 is 15.9 Å². The van der Waals surface area contributed by atoms with Crippen molar-refractivity contribution >= 4 is 27.3 Å². The lowest BCUT2D eigenvalue weighted by Gasteiger charge is -2.05. The van der Waals surface area contributed by atoms with Crippen LogP contribution in [0, 0.1) is 10.1 Å². The van der Waals surface area contributed by atoms with Crippen LogP contribution in [-0.4, -0.2) is 9.91 Å². The fourth-order valence-corrected chi connectivity index (χ4v) is 1.75. The van der Waals surface area contributed by atoms with Gasteiger partial charge in [0.1, 0.15) is 5.75 Å². The van der Waals surface area contributed by atoms with E-state index in [1.54, 1.807) is 18.2 Å². The Kier molecular flexibility index (Phi) is 3.42. The zero-order chi connectivity index (χ0) is 13.1. The second kappa shape index (κ2) is 5.01. The van der Waals surface area contributed by atoms with Crippen molar-refractivity contribution in [3.63, 3.8) is 0 Å². The van der Waals surface area contributed by atoms with E-state index in [0.29, 0.717) is 21.8 Å². The molecule has 0 radical (unpaired) electrons.